The molecule has 1 amide bonds. The number of nitrogens with zero attached hydrogens (tertiary/aromatic N) is 4. The van der Waals surface area contributed by atoms with Crippen LogP contribution in [-0.2, 0) is 4.79 Å². The Morgan fingerprint density at radius 1 is 0.967 bits per heavy atom. The van der Waals surface area contributed by atoms with Crippen LogP contribution >= 0.6 is 11.8 Å². The summed E-state index contributed by atoms with van der Waals surface area (Å²) in [5.74, 6) is -0.382. The van der Waals surface area contributed by atoms with Gasteiger partial charge in [0.1, 0.15) is 17.1 Å². The van der Waals surface area contributed by atoms with E-state index in [9.17, 15) is 14.9 Å². The molecule has 0 unspecified atom stereocenters. The molecule has 0 spiro atoms. The van der Waals surface area contributed by atoms with E-state index >= 15 is 0 Å². The number of para-hydroxylation sites is 2. The lowest BCUT2D eigenvalue weighted by Gasteiger charge is -2.06. The molecule has 3 aromatic carbocycles. The van der Waals surface area contributed by atoms with Gasteiger partial charge in [-0.2, -0.15) is 0 Å². The van der Waals surface area contributed by atoms with Gasteiger partial charge in [0.05, 0.1) is 10.7 Å². The Morgan fingerprint density at radius 2 is 1.70 bits per heavy atom. The van der Waals surface area contributed by atoms with Crippen LogP contribution in [0.25, 0.3) is 33.3 Å². The first-order chi connectivity index (χ1) is 14.6. The van der Waals surface area contributed by atoms with Gasteiger partial charge in [0.25, 0.3) is 5.69 Å². The van der Waals surface area contributed by atoms with E-state index in [2.05, 4.69) is 20.5 Å². The van der Waals surface area contributed by atoms with Gasteiger partial charge in [0.15, 0.2) is 0 Å². The lowest BCUT2D eigenvalue weighted by atomic mass is 10.0. The largest absolute Gasteiger partial charge is 0.320 e. The van der Waals surface area contributed by atoms with Crippen LogP contribution in [0.3, 0.4) is 0 Å². The smallest absolute Gasteiger partial charge is 0.292 e. The van der Waals surface area contributed by atoms with E-state index in [-0.39, 0.29) is 23.0 Å². The van der Waals surface area contributed by atoms with E-state index in [1.54, 1.807) is 12.1 Å². The summed E-state index contributed by atoms with van der Waals surface area (Å²) in [5, 5.41) is 24.7. The number of thioether (sulfide) groups is 1. The van der Waals surface area contributed by atoms with Crippen molar-refractivity contribution in [3.8, 4) is 22.5 Å². The predicted molar refractivity (Wildman–Crippen MR) is 114 cm³/mol. The number of rotatable bonds is 5. The van der Waals surface area contributed by atoms with E-state index in [4.69, 9.17) is 0 Å². The maximum Gasteiger partial charge on any atom is 0.292 e. The van der Waals surface area contributed by atoms with Gasteiger partial charge < -0.3 is 5.32 Å². The average Bonchev–Trinajstić information content (AvgIpc) is 3.08. The Balaban J connectivity index is 1.36. The third kappa shape index (κ3) is 3.05. The van der Waals surface area contributed by atoms with Crippen LogP contribution in [0.1, 0.15) is 0 Å². The summed E-state index contributed by atoms with van der Waals surface area (Å²) in [7, 11) is 0. The number of nitro groups is 1. The predicted octanol–water partition coefficient (Wildman–Crippen LogP) is 4.31. The minimum atomic E-state index is -0.533. The second kappa shape index (κ2) is 7.20. The van der Waals surface area contributed by atoms with Crippen molar-refractivity contribution in [3.63, 3.8) is 0 Å². The molecule has 0 saturated heterocycles. The van der Waals surface area contributed by atoms with Gasteiger partial charge in [-0.15, -0.1) is 10.2 Å². The van der Waals surface area contributed by atoms with Gasteiger partial charge in [-0.05, 0) is 11.5 Å². The zero-order valence-electron chi connectivity index (χ0n) is 15.4. The van der Waals surface area contributed by atoms with Crippen LogP contribution in [0, 0.1) is 10.1 Å². The van der Waals surface area contributed by atoms with E-state index in [0.717, 1.165) is 45.0 Å². The molecular formula is C21H13N5O3S. The second-order valence-electron chi connectivity index (χ2n) is 6.61. The van der Waals surface area contributed by atoms with E-state index in [1.807, 2.05) is 36.4 Å². The summed E-state index contributed by atoms with van der Waals surface area (Å²) in [6, 6.07) is 18.1. The second-order valence-corrected chi connectivity index (χ2v) is 7.55. The summed E-state index contributed by atoms with van der Waals surface area (Å²) < 4.78 is 0. The van der Waals surface area contributed by atoms with E-state index in [1.165, 1.54) is 12.1 Å². The fourth-order valence-electron chi connectivity index (χ4n) is 3.53. The third-order valence-electron chi connectivity index (χ3n) is 4.79. The molecule has 1 aliphatic rings. The Bertz CT molecular complexity index is 1340. The van der Waals surface area contributed by atoms with Crippen molar-refractivity contribution < 1.29 is 9.72 Å². The highest BCUT2D eigenvalue weighted by Crippen LogP contribution is 2.44. The quantitative estimate of drug-likeness (QED) is 0.259. The van der Waals surface area contributed by atoms with E-state index in [0.29, 0.717) is 5.16 Å². The maximum atomic E-state index is 12.3. The van der Waals surface area contributed by atoms with Gasteiger partial charge in [-0.3, -0.25) is 14.9 Å². The fourth-order valence-corrected chi connectivity index (χ4v) is 4.12. The number of aromatic nitrogens is 3. The molecule has 1 aliphatic carbocycles. The van der Waals surface area contributed by atoms with Crippen LogP contribution in [-0.4, -0.2) is 31.8 Å². The number of carbonyl (C=O) groups excluding carboxylic acids is 1. The minimum absolute atomic E-state index is 0.00363. The molecule has 0 fully saturated rings. The molecule has 0 radical (unpaired) electrons. The van der Waals surface area contributed by atoms with Gasteiger partial charge in [-0.25, -0.2) is 4.98 Å². The van der Waals surface area contributed by atoms with Crippen molar-refractivity contribution in [1.82, 2.24) is 15.2 Å². The van der Waals surface area contributed by atoms with Crippen LogP contribution in [0.4, 0.5) is 11.4 Å². The first kappa shape index (κ1) is 18.2. The van der Waals surface area contributed by atoms with Crippen molar-refractivity contribution in [3.05, 3.63) is 70.8 Å². The van der Waals surface area contributed by atoms with Crippen molar-refractivity contribution >= 4 is 39.8 Å². The minimum Gasteiger partial charge on any atom is -0.320 e. The van der Waals surface area contributed by atoms with Crippen molar-refractivity contribution in [2.45, 2.75) is 5.16 Å². The molecule has 9 heteroatoms. The molecule has 0 bridgehead atoms. The molecule has 146 valence electrons. The number of hydrogen-bond acceptors (Lipinski definition) is 7. The number of benzene rings is 3. The number of nitro benzene ring substituents is 1. The summed E-state index contributed by atoms with van der Waals surface area (Å²) in [6.45, 7) is 0. The van der Waals surface area contributed by atoms with Gasteiger partial charge >= 0.3 is 0 Å². The SMILES string of the molecule is O=C(CSc1nnc2c(n1)-c1cccc3cccc-2c13)Nc1ccccc1[N+](=O)[O-]. The number of anilines is 1. The van der Waals surface area contributed by atoms with Crippen molar-refractivity contribution in [2.75, 3.05) is 11.1 Å². The number of amides is 1. The Labute approximate surface area is 174 Å². The zero-order chi connectivity index (χ0) is 20.7. The molecule has 5 rings (SSSR count). The average molecular weight is 415 g/mol. The van der Waals surface area contributed by atoms with Crippen LogP contribution in [0.15, 0.2) is 65.8 Å². The van der Waals surface area contributed by atoms with Crippen LogP contribution < -0.4 is 5.32 Å². The fraction of sp³-hybridized carbons (Fsp3) is 0.0476. The molecule has 1 aromatic heterocycles. The molecule has 1 heterocycles. The Morgan fingerprint density at radius 3 is 2.47 bits per heavy atom. The lowest BCUT2D eigenvalue weighted by molar-refractivity contribution is -0.383. The van der Waals surface area contributed by atoms with E-state index < -0.39 is 4.92 Å². The third-order valence-corrected chi connectivity index (χ3v) is 5.63. The summed E-state index contributed by atoms with van der Waals surface area (Å²) >= 11 is 1.13. The maximum absolute atomic E-state index is 12.3. The zero-order valence-corrected chi connectivity index (χ0v) is 16.2. The molecule has 4 aromatic rings. The molecule has 1 N–H and O–H groups in total. The van der Waals surface area contributed by atoms with Crippen LogP contribution in [0.2, 0.25) is 0 Å². The first-order valence-corrected chi connectivity index (χ1v) is 10.0. The van der Waals surface area contributed by atoms with Gasteiger partial charge in [0.2, 0.25) is 11.1 Å². The summed E-state index contributed by atoms with van der Waals surface area (Å²) in [5.41, 5.74) is 3.48. The van der Waals surface area contributed by atoms with Gasteiger partial charge in [-0.1, -0.05) is 60.3 Å². The number of hydrogen-bond donors (Lipinski definition) is 1. The molecular weight excluding hydrogens is 402 g/mol. The number of fused-ring (bicyclic) bond motifs is 3. The highest BCUT2D eigenvalue weighted by molar-refractivity contribution is 7.99. The number of nitrogens with one attached hydrogen (secondary N) is 1. The lowest BCUT2D eigenvalue weighted by Crippen LogP contribution is -2.15. The monoisotopic (exact) mass is 415 g/mol. The summed E-state index contributed by atoms with van der Waals surface area (Å²) in [6.07, 6.45) is 0. The molecule has 0 saturated carbocycles. The number of carbonyl (C=O) groups is 1. The van der Waals surface area contributed by atoms with Crippen LogP contribution in [0.5, 0.6) is 0 Å². The highest BCUT2D eigenvalue weighted by atomic mass is 32.2. The molecule has 30 heavy (non-hydrogen) atoms. The first-order valence-electron chi connectivity index (χ1n) is 9.05. The standard InChI is InChI=1S/C21H13N5O3S/c27-17(22-15-9-1-2-10-16(15)26(28)29)11-30-21-23-19-13-7-3-5-12-6-4-8-14(18(12)13)20(19)24-25-21/h1-10H,11H2,(H,22,27). The Kier molecular flexibility index (Phi) is 4.36. The highest BCUT2D eigenvalue weighted by Gasteiger charge is 2.25. The molecule has 0 atom stereocenters. The normalized spacial score (nSPS) is 11.3. The topological polar surface area (TPSA) is 111 Å². The van der Waals surface area contributed by atoms with Gasteiger partial charge in [0, 0.05) is 22.6 Å². The Hall–Kier alpha value is -3.85. The van der Waals surface area contributed by atoms with Crippen molar-refractivity contribution in [1.29, 1.82) is 0 Å². The van der Waals surface area contributed by atoms with Crippen molar-refractivity contribution in [2.24, 2.45) is 0 Å². The molecule has 0 aliphatic heterocycles. The summed E-state index contributed by atoms with van der Waals surface area (Å²) in [4.78, 5) is 27.5. The molecule has 8 nitrogen and oxygen atoms in total.